The minimum Gasteiger partial charge on any atom is -0.462 e. The van der Waals surface area contributed by atoms with E-state index in [-0.39, 0.29) is 5.97 Å². The summed E-state index contributed by atoms with van der Waals surface area (Å²) in [6, 6.07) is 7.65. The van der Waals surface area contributed by atoms with Crippen LogP contribution in [-0.2, 0) is 4.74 Å². The Bertz CT molecular complexity index is 649. The fraction of sp³-hybridized carbons (Fsp3) is 0.188. The molecule has 0 saturated carbocycles. The van der Waals surface area contributed by atoms with Gasteiger partial charge in [0.25, 0.3) is 0 Å². The molecule has 0 aliphatic carbocycles. The van der Waals surface area contributed by atoms with Gasteiger partial charge in [0.05, 0.1) is 20.6 Å². The van der Waals surface area contributed by atoms with Crippen LogP contribution in [0.2, 0.25) is 0 Å². The molecule has 0 atom stereocenters. The van der Waals surface area contributed by atoms with E-state index in [0.717, 1.165) is 12.0 Å². The fourth-order valence-corrected chi connectivity index (χ4v) is 6.31. The average molecular weight is 367 g/mol. The van der Waals surface area contributed by atoms with Crippen molar-refractivity contribution < 1.29 is 9.53 Å². The van der Waals surface area contributed by atoms with Crippen LogP contribution in [0.3, 0.4) is 0 Å². The van der Waals surface area contributed by atoms with Gasteiger partial charge in [-0.2, -0.15) is 0 Å². The zero-order valence-corrected chi connectivity index (χ0v) is 15.2. The van der Waals surface area contributed by atoms with Crippen molar-refractivity contribution >= 4 is 57.9 Å². The number of ether oxygens (including phenoxy) is 1. The molecule has 0 N–H and O–H groups in total. The van der Waals surface area contributed by atoms with Crippen LogP contribution in [0.1, 0.15) is 29.3 Å². The molecule has 0 saturated heterocycles. The van der Waals surface area contributed by atoms with Crippen LogP contribution in [0, 0.1) is 0 Å². The molecule has 1 aromatic rings. The number of esters is 1. The Labute approximate surface area is 147 Å². The maximum atomic E-state index is 11.8. The van der Waals surface area contributed by atoms with Gasteiger partial charge in [-0.05, 0) is 40.3 Å². The van der Waals surface area contributed by atoms with E-state index in [2.05, 4.69) is 16.2 Å². The normalized spacial score (nSPS) is 17.0. The van der Waals surface area contributed by atoms with Gasteiger partial charge in [-0.25, -0.2) is 4.79 Å². The lowest BCUT2D eigenvalue weighted by Crippen LogP contribution is -2.05. The average Bonchev–Trinajstić information content (AvgIpc) is 3.23. The molecule has 0 bridgehead atoms. The zero-order valence-electron chi connectivity index (χ0n) is 11.9. The molecule has 22 heavy (non-hydrogen) atoms. The second kappa shape index (κ2) is 7.73. The topological polar surface area (TPSA) is 26.3 Å². The van der Waals surface area contributed by atoms with Gasteiger partial charge >= 0.3 is 5.97 Å². The molecule has 2 nitrogen and oxygen atoms in total. The maximum absolute atomic E-state index is 11.8. The van der Waals surface area contributed by atoms with Crippen LogP contribution in [0.5, 0.6) is 0 Å². The molecule has 0 fully saturated rings. The van der Waals surface area contributed by atoms with Gasteiger partial charge in [0.1, 0.15) is 0 Å². The quantitative estimate of drug-likeness (QED) is 0.597. The highest BCUT2D eigenvalue weighted by molar-refractivity contribution is 8.35. The molecule has 0 spiro atoms. The highest BCUT2D eigenvalue weighted by Gasteiger charge is 2.19. The third-order valence-electron chi connectivity index (χ3n) is 2.89. The number of benzene rings is 1. The minimum atomic E-state index is -0.247. The SMILES string of the molecule is CCCOC(=O)c1ccc(C2=CSC(=C3SC=CS3)S2)cc1. The first-order chi connectivity index (χ1) is 10.8. The Hall–Kier alpha value is -0.690. The summed E-state index contributed by atoms with van der Waals surface area (Å²) >= 11 is 7.12. The highest BCUT2D eigenvalue weighted by Crippen LogP contribution is 2.55. The molecule has 0 aromatic heterocycles. The second-order valence-electron chi connectivity index (χ2n) is 4.50. The molecule has 1 aromatic carbocycles. The molecule has 2 aliphatic heterocycles. The van der Waals surface area contributed by atoms with Crippen molar-refractivity contribution in [2.45, 2.75) is 13.3 Å². The highest BCUT2D eigenvalue weighted by atomic mass is 32.2. The smallest absolute Gasteiger partial charge is 0.338 e. The number of hydrogen-bond acceptors (Lipinski definition) is 6. The molecule has 6 heteroatoms. The van der Waals surface area contributed by atoms with E-state index in [1.165, 1.54) is 13.4 Å². The maximum Gasteiger partial charge on any atom is 0.338 e. The van der Waals surface area contributed by atoms with E-state index in [1.54, 1.807) is 47.0 Å². The van der Waals surface area contributed by atoms with Crippen LogP contribution in [0.25, 0.3) is 4.91 Å². The summed E-state index contributed by atoms with van der Waals surface area (Å²) in [6.07, 6.45) is 0.840. The molecule has 3 rings (SSSR count). The van der Waals surface area contributed by atoms with Gasteiger partial charge in [-0.3, -0.25) is 0 Å². The third kappa shape index (κ3) is 3.79. The fourth-order valence-electron chi connectivity index (χ4n) is 1.82. The summed E-state index contributed by atoms with van der Waals surface area (Å²) in [7, 11) is 0. The first-order valence-corrected chi connectivity index (χ1v) is 10.3. The molecule has 0 amide bonds. The van der Waals surface area contributed by atoms with Gasteiger partial charge < -0.3 is 4.74 Å². The van der Waals surface area contributed by atoms with Crippen molar-refractivity contribution in [2.24, 2.45) is 0 Å². The lowest BCUT2D eigenvalue weighted by atomic mass is 10.1. The van der Waals surface area contributed by atoms with E-state index in [1.807, 2.05) is 31.2 Å². The van der Waals surface area contributed by atoms with E-state index >= 15 is 0 Å². The van der Waals surface area contributed by atoms with Crippen molar-refractivity contribution in [3.05, 3.63) is 60.1 Å². The first-order valence-electron chi connectivity index (χ1n) is 6.83. The van der Waals surface area contributed by atoms with Crippen molar-refractivity contribution in [3.8, 4) is 0 Å². The Kier molecular flexibility index (Phi) is 5.68. The van der Waals surface area contributed by atoms with Crippen molar-refractivity contribution in [3.63, 3.8) is 0 Å². The summed E-state index contributed by atoms with van der Waals surface area (Å²) in [5, 5.41) is 6.41. The summed E-state index contributed by atoms with van der Waals surface area (Å²) < 4.78 is 7.83. The van der Waals surface area contributed by atoms with Gasteiger partial charge in [0.2, 0.25) is 0 Å². The van der Waals surface area contributed by atoms with E-state index in [9.17, 15) is 4.79 Å². The Balaban J connectivity index is 1.66. The van der Waals surface area contributed by atoms with Gasteiger partial charge in [0.15, 0.2) is 0 Å². The van der Waals surface area contributed by atoms with Gasteiger partial charge in [0, 0.05) is 4.91 Å². The van der Waals surface area contributed by atoms with E-state index in [0.29, 0.717) is 12.2 Å². The minimum absolute atomic E-state index is 0.247. The Morgan fingerprint density at radius 2 is 1.77 bits per heavy atom. The van der Waals surface area contributed by atoms with Gasteiger partial charge in [-0.1, -0.05) is 66.1 Å². The van der Waals surface area contributed by atoms with Crippen LogP contribution in [0.4, 0.5) is 0 Å². The molecular formula is C16H14O2S4. The van der Waals surface area contributed by atoms with Gasteiger partial charge in [-0.15, -0.1) is 0 Å². The summed E-state index contributed by atoms with van der Waals surface area (Å²) in [4.78, 5) is 13.0. The zero-order chi connectivity index (χ0) is 15.4. The monoisotopic (exact) mass is 366 g/mol. The molecule has 2 heterocycles. The number of rotatable bonds is 4. The van der Waals surface area contributed by atoms with Crippen molar-refractivity contribution in [1.29, 1.82) is 0 Å². The lowest BCUT2D eigenvalue weighted by Gasteiger charge is -2.05. The molecule has 0 unspecified atom stereocenters. The second-order valence-corrected chi connectivity index (χ2v) is 8.78. The van der Waals surface area contributed by atoms with E-state index < -0.39 is 0 Å². The Morgan fingerprint density at radius 3 is 2.45 bits per heavy atom. The predicted molar refractivity (Wildman–Crippen MR) is 102 cm³/mol. The summed E-state index contributed by atoms with van der Waals surface area (Å²) in [5.74, 6) is -0.247. The van der Waals surface area contributed by atoms with Crippen LogP contribution >= 0.6 is 47.0 Å². The third-order valence-corrected chi connectivity index (χ3v) is 7.96. The summed E-state index contributed by atoms with van der Waals surface area (Å²) in [5.41, 5.74) is 1.75. The van der Waals surface area contributed by atoms with Crippen LogP contribution < -0.4 is 0 Å². The first kappa shape index (κ1) is 16.2. The van der Waals surface area contributed by atoms with Crippen molar-refractivity contribution in [1.82, 2.24) is 0 Å². The van der Waals surface area contributed by atoms with E-state index in [4.69, 9.17) is 4.74 Å². The molecule has 0 radical (unpaired) electrons. The standard InChI is InChI=1S/C16H14O2S4/c1-2-7-18-14(17)12-5-3-11(4-6-12)13-10-21-16(22-13)15-19-8-9-20-15/h3-6,8-10H,2,7H2,1H3. The largest absolute Gasteiger partial charge is 0.462 e. The van der Waals surface area contributed by atoms with Crippen molar-refractivity contribution in [2.75, 3.05) is 6.61 Å². The lowest BCUT2D eigenvalue weighted by molar-refractivity contribution is 0.0505. The van der Waals surface area contributed by atoms with Crippen LogP contribution in [-0.4, -0.2) is 12.6 Å². The number of carbonyl (C=O) groups excluding carboxylic acids is 1. The predicted octanol–water partition coefficient (Wildman–Crippen LogP) is 6.11. The number of hydrogen-bond donors (Lipinski definition) is 0. The number of carbonyl (C=O) groups is 1. The summed E-state index contributed by atoms with van der Waals surface area (Å²) in [6.45, 7) is 2.46. The Morgan fingerprint density at radius 1 is 1.05 bits per heavy atom. The number of thioether (sulfide) groups is 4. The molecule has 2 aliphatic rings. The molecule has 114 valence electrons. The van der Waals surface area contributed by atoms with Crippen LogP contribution in [0.15, 0.2) is 49.0 Å². The molecular weight excluding hydrogens is 352 g/mol.